The van der Waals surface area contributed by atoms with Gasteiger partial charge in [0, 0.05) is 32.6 Å². The van der Waals surface area contributed by atoms with Gasteiger partial charge in [-0.05, 0) is 95.4 Å². The lowest BCUT2D eigenvalue weighted by Crippen LogP contribution is -2.15. The van der Waals surface area contributed by atoms with Crippen LogP contribution in [-0.2, 0) is 0 Å². The van der Waals surface area contributed by atoms with Crippen LogP contribution in [-0.4, -0.2) is 16.6 Å². The Bertz CT molecular complexity index is 2130. The van der Waals surface area contributed by atoms with Gasteiger partial charge in [0.25, 0.3) is 0 Å². The monoisotopic (exact) mass is 568 g/mol. The molecule has 2 aliphatic rings. The average molecular weight is 569 g/mol. The summed E-state index contributed by atoms with van der Waals surface area (Å²) in [6, 6.07) is 28.2. The summed E-state index contributed by atoms with van der Waals surface area (Å²) in [6.07, 6.45) is 3.15. The number of carbonyl (C=O) groups is 2. The highest BCUT2D eigenvalue weighted by molar-refractivity contribution is 7.16. The number of nitrogens with zero attached hydrogens (tertiary/aromatic N) is 2. The Hall–Kier alpha value is -5.27. The second-order valence-electron chi connectivity index (χ2n) is 10.2. The van der Waals surface area contributed by atoms with E-state index in [2.05, 4.69) is 4.98 Å². The maximum absolute atomic E-state index is 14.6. The Labute approximate surface area is 242 Å². The van der Waals surface area contributed by atoms with Crippen LogP contribution in [0, 0.1) is 11.6 Å². The van der Waals surface area contributed by atoms with Gasteiger partial charge in [-0.15, -0.1) is 11.3 Å². The van der Waals surface area contributed by atoms with Gasteiger partial charge in [-0.2, -0.15) is 0 Å². The fraction of sp³-hybridized carbons (Fsp3) is 0. The number of pyridine rings is 1. The molecule has 0 fully saturated rings. The van der Waals surface area contributed by atoms with Crippen LogP contribution in [0.1, 0.15) is 25.7 Å². The molecule has 3 heterocycles. The van der Waals surface area contributed by atoms with E-state index in [0.29, 0.717) is 5.56 Å². The van der Waals surface area contributed by atoms with Gasteiger partial charge < -0.3 is 4.90 Å². The molecule has 0 saturated carbocycles. The maximum Gasteiger partial charge on any atom is 0.216 e. The highest BCUT2D eigenvalue weighted by atomic mass is 32.1. The Morgan fingerprint density at radius 2 is 1.48 bits per heavy atom. The second-order valence-corrected chi connectivity index (χ2v) is 11.3. The molecule has 1 aliphatic carbocycles. The van der Waals surface area contributed by atoms with E-state index < -0.39 is 0 Å². The number of allylic oxidation sites excluding steroid dienone is 1. The highest BCUT2D eigenvalue weighted by Gasteiger charge is 2.34. The third-order valence-electron chi connectivity index (χ3n) is 7.77. The lowest BCUT2D eigenvalue weighted by molar-refractivity contribution is 0.0989. The predicted molar refractivity (Wildman–Crippen MR) is 162 cm³/mol. The van der Waals surface area contributed by atoms with Gasteiger partial charge in [0.1, 0.15) is 17.3 Å². The van der Waals surface area contributed by atoms with E-state index in [0.717, 1.165) is 54.3 Å². The van der Waals surface area contributed by atoms with Crippen LogP contribution < -0.4 is 4.90 Å². The van der Waals surface area contributed by atoms with Crippen LogP contribution in [0.3, 0.4) is 0 Å². The smallest absolute Gasteiger partial charge is 0.216 e. The molecule has 0 bridgehead atoms. The van der Waals surface area contributed by atoms with Crippen LogP contribution in [0.2, 0.25) is 0 Å². The van der Waals surface area contributed by atoms with E-state index in [-0.39, 0.29) is 34.5 Å². The molecule has 42 heavy (non-hydrogen) atoms. The molecule has 0 amide bonds. The molecule has 2 aromatic heterocycles. The van der Waals surface area contributed by atoms with Crippen LogP contribution >= 0.6 is 11.3 Å². The number of aromatic nitrogens is 1. The van der Waals surface area contributed by atoms with Crippen molar-refractivity contribution in [3.8, 4) is 21.6 Å². The minimum atomic E-state index is -0.362. The number of hydrogen-bond acceptors (Lipinski definition) is 5. The third kappa shape index (κ3) is 3.60. The van der Waals surface area contributed by atoms with Crippen LogP contribution in [0.15, 0.2) is 109 Å². The van der Waals surface area contributed by atoms with Crippen molar-refractivity contribution in [3.63, 3.8) is 0 Å². The number of halogens is 2. The fourth-order valence-corrected chi connectivity index (χ4v) is 6.92. The molecule has 0 unspecified atom stereocenters. The number of thiophene rings is 1. The first-order valence-electron chi connectivity index (χ1n) is 13.3. The van der Waals surface area contributed by atoms with Crippen molar-refractivity contribution in [3.05, 3.63) is 137 Å². The summed E-state index contributed by atoms with van der Waals surface area (Å²) in [5.74, 6) is -1.35. The highest BCUT2D eigenvalue weighted by Crippen LogP contribution is 2.52. The van der Waals surface area contributed by atoms with Crippen molar-refractivity contribution < 1.29 is 18.4 Å². The molecule has 0 radical (unpaired) electrons. The van der Waals surface area contributed by atoms with Crippen molar-refractivity contribution in [2.45, 2.75) is 0 Å². The number of Topliss-reactive ketones (excluding diaryl/α,β-unsaturated/α-hetero) is 2. The lowest BCUT2D eigenvalue weighted by atomic mass is 9.88. The van der Waals surface area contributed by atoms with Gasteiger partial charge in [0.2, 0.25) is 5.78 Å². The van der Waals surface area contributed by atoms with Crippen molar-refractivity contribution in [1.82, 2.24) is 4.98 Å². The second kappa shape index (κ2) is 9.12. The number of rotatable bonds is 3. The first kappa shape index (κ1) is 24.5. The van der Waals surface area contributed by atoms with E-state index in [4.69, 9.17) is 0 Å². The van der Waals surface area contributed by atoms with Crippen molar-refractivity contribution in [2.75, 3.05) is 4.90 Å². The van der Waals surface area contributed by atoms with E-state index in [1.807, 2.05) is 47.4 Å². The molecular formula is C35H18F2N2O2S. The zero-order valence-electron chi connectivity index (χ0n) is 21.8. The van der Waals surface area contributed by atoms with Crippen LogP contribution in [0.25, 0.3) is 38.4 Å². The van der Waals surface area contributed by atoms with Crippen molar-refractivity contribution >= 4 is 56.8 Å². The summed E-state index contributed by atoms with van der Waals surface area (Å²) < 4.78 is 28.4. The van der Waals surface area contributed by atoms with Crippen LogP contribution in [0.4, 0.5) is 25.8 Å². The molecule has 1 aliphatic heterocycles. The molecule has 0 atom stereocenters. The molecule has 200 valence electrons. The minimum absolute atomic E-state index is 0.113. The number of fused-ring (bicyclic) bond motifs is 3. The Morgan fingerprint density at radius 1 is 0.690 bits per heavy atom. The normalized spacial score (nSPS) is 14.5. The number of ketones is 2. The summed E-state index contributed by atoms with van der Waals surface area (Å²) in [4.78, 5) is 33.6. The SMILES string of the molecule is O=C1/C(=C/c2ccc(-c3ccc4c5c(cccc35)-c3cc(F)ccc3N4c3ccc(F)cc3)s2)C(=O)c2ncccc21. The predicted octanol–water partition coefficient (Wildman–Crippen LogP) is 9.15. The lowest BCUT2D eigenvalue weighted by Gasteiger charge is -2.34. The molecule has 4 aromatic carbocycles. The van der Waals surface area contributed by atoms with Gasteiger partial charge in [0.05, 0.1) is 22.5 Å². The fourth-order valence-electron chi connectivity index (χ4n) is 5.92. The van der Waals surface area contributed by atoms with Gasteiger partial charge in [-0.1, -0.05) is 24.3 Å². The number of benzene rings is 4. The summed E-state index contributed by atoms with van der Waals surface area (Å²) in [5, 5.41) is 1.92. The number of anilines is 3. The van der Waals surface area contributed by atoms with Crippen molar-refractivity contribution in [1.29, 1.82) is 0 Å². The van der Waals surface area contributed by atoms with E-state index in [1.54, 1.807) is 36.4 Å². The first-order valence-corrected chi connectivity index (χ1v) is 14.1. The topological polar surface area (TPSA) is 50.3 Å². The quantitative estimate of drug-likeness (QED) is 0.158. The first-order chi connectivity index (χ1) is 20.5. The molecule has 4 nitrogen and oxygen atoms in total. The molecule has 8 rings (SSSR count). The Balaban J connectivity index is 1.28. The number of hydrogen-bond donors (Lipinski definition) is 0. The van der Waals surface area contributed by atoms with Gasteiger partial charge in [-0.25, -0.2) is 8.78 Å². The minimum Gasteiger partial charge on any atom is -0.309 e. The van der Waals surface area contributed by atoms with E-state index in [1.165, 1.54) is 41.8 Å². The van der Waals surface area contributed by atoms with Gasteiger partial charge in [0.15, 0.2) is 5.78 Å². The van der Waals surface area contributed by atoms with E-state index in [9.17, 15) is 18.4 Å². The zero-order valence-corrected chi connectivity index (χ0v) is 22.6. The number of carbonyl (C=O) groups excluding carboxylic acids is 2. The standard InChI is InChI=1S/C35H18F2N2O2S/c36-19-6-9-21(10-7-19)39-29-13-8-20(37)17-27(29)25-4-1-3-24-23(12-14-30(39)32(24)25)31-15-11-22(42-31)18-28-34(40)26-5-2-16-38-33(26)35(28)41/h1-18H/b28-18-. The largest absolute Gasteiger partial charge is 0.309 e. The van der Waals surface area contributed by atoms with E-state index >= 15 is 0 Å². The molecule has 7 heteroatoms. The maximum atomic E-state index is 14.6. The third-order valence-corrected chi connectivity index (χ3v) is 8.84. The summed E-state index contributed by atoms with van der Waals surface area (Å²) in [6.45, 7) is 0. The van der Waals surface area contributed by atoms with Gasteiger partial charge in [-0.3, -0.25) is 14.6 Å². The van der Waals surface area contributed by atoms with Crippen molar-refractivity contribution in [2.24, 2.45) is 0 Å². The van der Waals surface area contributed by atoms with Gasteiger partial charge >= 0.3 is 0 Å². The summed E-state index contributed by atoms with van der Waals surface area (Å²) in [7, 11) is 0. The summed E-state index contributed by atoms with van der Waals surface area (Å²) in [5.41, 5.74) is 5.73. The van der Waals surface area contributed by atoms with Crippen LogP contribution in [0.5, 0.6) is 0 Å². The molecular weight excluding hydrogens is 550 g/mol. The molecule has 0 spiro atoms. The average Bonchev–Trinajstić information content (AvgIpc) is 3.57. The molecule has 6 aromatic rings. The Kier molecular flexibility index (Phi) is 5.33. The zero-order chi connectivity index (χ0) is 28.5. The Morgan fingerprint density at radius 3 is 2.31 bits per heavy atom. The molecule has 0 saturated heterocycles. The summed E-state index contributed by atoms with van der Waals surface area (Å²) >= 11 is 1.48. The molecule has 0 N–H and O–H groups in total.